The summed E-state index contributed by atoms with van der Waals surface area (Å²) in [6.45, 7) is 2.62. The van der Waals surface area contributed by atoms with Gasteiger partial charge in [-0.05, 0) is 37.8 Å². The lowest BCUT2D eigenvalue weighted by Crippen LogP contribution is -2.39. The van der Waals surface area contributed by atoms with Gasteiger partial charge >= 0.3 is 0 Å². The van der Waals surface area contributed by atoms with Crippen molar-refractivity contribution < 1.29 is 9.53 Å². The van der Waals surface area contributed by atoms with Crippen LogP contribution in [0.4, 0.5) is 5.69 Å². The number of para-hydroxylation sites is 1. The molecule has 0 bridgehead atoms. The quantitative estimate of drug-likeness (QED) is 0.804. The number of ether oxygens (including phenoxy) is 1. The van der Waals surface area contributed by atoms with Gasteiger partial charge in [0.15, 0.2) is 0 Å². The van der Waals surface area contributed by atoms with E-state index < -0.39 is 0 Å². The van der Waals surface area contributed by atoms with E-state index in [1.165, 1.54) is 0 Å². The second-order valence-electron chi connectivity index (χ2n) is 4.71. The first-order valence-electron chi connectivity index (χ1n) is 6.45. The first-order chi connectivity index (χ1) is 8.68. The lowest BCUT2D eigenvalue weighted by atomic mass is 10.0. The molecule has 0 aliphatic carbocycles. The van der Waals surface area contributed by atoms with E-state index in [-0.39, 0.29) is 18.1 Å². The number of hydrogen-bond donors (Lipinski definition) is 2. The number of nitrogens with two attached hydrogens (primary N) is 1. The normalized spacial score (nSPS) is 21.3. The molecule has 1 aliphatic heterocycles. The van der Waals surface area contributed by atoms with E-state index in [1.54, 1.807) is 0 Å². The maximum Gasteiger partial charge on any atom is 0.249 e. The van der Waals surface area contributed by atoms with Crippen molar-refractivity contribution in [3.05, 3.63) is 29.8 Å². The van der Waals surface area contributed by atoms with Crippen molar-refractivity contribution in [1.82, 2.24) is 5.32 Å². The Kier molecular flexibility index (Phi) is 4.20. The first-order valence-corrected chi connectivity index (χ1v) is 6.45. The van der Waals surface area contributed by atoms with Crippen LogP contribution >= 0.6 is 0 Å². The number of rotatable bonds is 3. The second kappa shape index (κ2) is 5.87. The maximum absolute atomic E-state index is 12.0. The Balaban J connectivity index is 1.96. The van der Waals surface area contributed by atoms with E-state index in [0.717, 1.165) is 24.8 Å². The number of carbonyl (C=O) groups excluding carboxylic acids is 1. The van der Waals surface area contributed by atoms with Crippen molar-refractivity contribution in [2.75, 3.05) is 12.3 Å². The van der Waals surface area contributed by atoms with E-state index in [4.69, 9.17) is 10.5 Å². The molecule has 1 saturated heterocycles. The smallest absolute Gasteiger partial charge is 0.249 e. The molecule has 0 aromatic heterocycles. The van der Waals surface area contributed by atoms with Crippen LogP contribution in [-0.4, -0.2) is 18.6 Å². The first kappa shape index (κ1) is 12.9. The molecule has 18 heavy (non-hydrogen) atoms. The van der Waals surface area contributed by atoms with Crippen molar-refractivity contribution in [1.29, 1.82) is 0 Å². The standard InChI is InChI=1S/C14H20N2O2/c1-10(11-6-2-3-7-12(11)15)16-14(17)13-8-4-5-9-18-13/h2-3,6-7,10,13H,4-5,8-9,15H2,1H3,(H,16,17). The summed E-state index contributed by atoms with van der Waals surface area (Å²) < 4.78 is 5.46. The molecule has 1 fully saturated rings. The van der Waals surface area contributed by atoms with Crippen molar-refractivity contribution in [2.24, 2.45) is 0 Å². The fourth-order valence-electron chi connectivity index (χ4n) is 2.24. The van der Waals surface area contributed by atoms with Crippen LogP contribution in [0.25, 0.3) is 0 Å². The minimum Gasteiger partial charge on any atom is -0.398 e. The average Bonchev–Trinajstić information content (AvgIpc) is 2.40. The van der Waals surface area contributed by atoms with Crippen molar-refractivity contribution in [3.63, 3.8) is 0 Å². The van der Waals surface area contributed by atoms with Gasteiger partial charge in [0.1, 0.15) is 6.10 Å². The van der Waals surface area contributed by atoms with Crippen LogP contribution in [0.15, 0.2) is 24.3 Å². The monoisotopic (exact) mass is 248 g/mol. The summed E-state index contributed by atoms with van der Waals surface area (Å²) in [5.41, 5.74) is 7.54. The predicted molar refractivity (Wildman–Crippen MR) is 71.0 cm³/mol. The summed E-state index contributed by atoms with van der Waals surface area (Å²) in [5.74, 6) is -0.0366. The van der Waals surface area contributed by atoms with Crippen LogP contribution in [0, 0.1) is 0 Å². The Morgan fingerprint density at radius 1 is 1.44 bits per heavy atom. The molecule has 4 heteroatoms. The van der Waals surface area contributed by atoms with Gasteiger partial charge in [-0.25, -0.2) is 0 Å². The number of hydrogen-bond acceptors (Lipinski definition) is 3. The van der Waals surface area contributed by atoms with Gasteiger partial charge < -0.3 is 15.8 Å². The maximum atomic E-state index is 12.0. The highest BCUT2D eigenvalue weighted by Crippen LogP contribution is 2.20. The van der Waals surface area contributed by atoms with Crippen LogP contribution in [0.5, 0.6) is 0 Å². The summed E-state index contributed by atoms with van der Waals surface area (Å²) >= 11 is 0. The highest BCUT2D eigenvalue weighted by Gasteiger charge is 2.23. The average molecular weight is 248 g/mol. The molecule has 2 unspecified atom stereocenters. The molecule has 0 radical (unpaired) electrons. The molecule has 1 heterocycles. The van der Waals surface area contributed by atoms with Crippen LogP contribution in [-0.2, 0) is 9.53 Å². The van der Waals surface area contributed by atoms with Gasteiger partial charge in [0.05, 0.1) is 6.04 Å². The zero-order valence-electron chi connectivity index (χ0n) is 10.7. The summed E-state index contributed by atoms with van der Waals surface area (Å²) in [7, 11) is 0. The Morgan fingerprint density at radius 3 is 2.89 bits per heavy atom. The fourth-order valence-corrected chi connectivity index (χ4v) is 2.24. The molecule has 2 rings (SSSR count). The van der Waals surface area contributed by atoms with Crippen LogP contribution in [0.1, 0.15) is 37.8 Å². The minimum absolute atomic E-state index is 0.0366. The predicted octanol–water partition coefficient (Wildman–Crippen LogP) is 2.02. The van der Waals surface area contributed by atoms with E-state index >= 15 is 0 Å². The fraction of sp³-hybridized carbons (Fsp3) is 0.500. The van der Waals surface area contributed by atoms with E-state index in [1.807, 2.05) is 31.2 Å². The van der Waals surface area contributed by atoms with Gasteiger partial charge in [-0.3, -0.25) is 4.79 Å². The molecule has 1 aromatic rings. The topological polar surface area (TPSA) is 64.3 Å². The molecule has 98 valence electrons. The van der Waals surface area contributed by atoms with Gasteiger partial charge in [0, 0.05) is 12.3 Å². The van der Waals surface area contributed by atoms with Crippen molar-refractivity contribution >= 4 is 11.6 Å². The minimum atomic E-state index is -0.300. The van der Waals surface area contributed by atoms with E-state index in [0.29, 0.717) is 12.3 Å². The third-order valence-corrected chi connectivity index (χ3v) is 3.29. The number of carbonyl (C=O) groups is 1. The number of amides is 1. The van der Waals surface area contributed by atoms with Gasteiger partial charge in [0.2, 0.25) is 5.91 Å². The highest BCUT2D eigenvalue weighted by molar-refractivity contribution is 5.81. The number of anilines is 1. The van der Waals surface area contributed by atoms with E-state index in [2.05, 4.69) is 5.32 Å². The summed E-state index contributed by atoms with van der Waals surface area (Å²) in [6, 6.07) is 7.49. The Morgan fingerprint density at radius 2 is 2.22 bits per heavy atom. The Hall–Kier alpha value is -1.55. The van der Waals surface area contributed by atoms with Gasteiger partial charge in [0.25, 0.3) is 0 Å². The summed E-state index contributed by atoms with van der Waals surface area (Å²) in [4.78, 5) is 12.0. The van der Waals surface area contributed by atoms with Crippen LogP contribution < -0.4 is 11.1 Å². The Labute approximate surface area is 108 Å². The van der Waals surface area contributed by atoms with E-state index in [9.17, 15) is 4.79 Å². The third-order valence-electron chi connectivity index (χ3n) is 3.29. The van der Waals surface area contributed by atoms with Crippen LogP contribution in [0.2, 0.25) is 0 Å². The molecule has 3 N–H and O–H groups in total. The third kappa shape index (κ3) is 3.01. The summed E-state index contributed by atoms with van der Waals surface area (Å²) in [6.07, 6.45) is 2.61. The second-order valence-corrected chi connectivity index (χ2v) is 4.71. The molecule has 1 aromatic carbocycles. The Bertz CT molecular complexity index is 414. The van der Waals surface area contributed by atoms with Crippen molar-refractivity contribution in [3.8, 4) is 0 Å². The highest BCUT2D eigenvalue weighted by atomic mass is 16.5. The molecule has 0 saturated carbocycles. The molecule has 0 spiro atoms. The SMILES string of the molecule is CC(NC(=O)C1CCCCO1)c1ccccc1N. The van der Waals surface area contributed by atoms with Gasteiger partial charge in [-0.1, -0.05) is 18.2 Å². The van der Waals surface area contributed by atoms with Gasteiger partial charge in [-0.15, -0.1) is 0 Å². The van der Waals surface area contributed by atoms with Crippen LogP contribution in [0.3, 0.4) is 0 Å². The zero-order chi connectivity index (χ0) is 13.0. The number of benzene rings is 1. The number of nitrogens with one attached hydrogen (secondary N) is 1. The van der Waals surface area contributed by atoms with Crippen molar-refractivity contribution in [2.45, 2.75) is 38.3 Å². The molecule has 1 amide bonds. The summed E-state index contributed by atoms with van der Waals surface area (Å²) in [5, 5.41) is 2.96. The number of nitrogen functional groups attached to an aromatic ring is 1. The largest absolute Gasteiger partial charge is 0.398 e. The molecular weight excluding hydrogens is 228 g/mol. The lowest BCUT2D eigenvalue weighted by molar-refractivity contribution is -0.136. The molecule has 2 atom stereocenters. The van der Waals surface area contributed by atoms with Gasteiger partial charge in [-0.2, -0.15) is 0 Å². The zero-order valence-corrected chi connectivity index (χ0v) is 10.7. The molecule has 1 aliphatic rings. The molecule has 4 nitrogen and oxygen atoms in total. The lowest BCUT2D eigenvalue weighted by Gasteiger charge is -2.24. The molecular formula is C14H20N2O2.